The van der Waals surface area contributed by atoms with Crippen LogP contribution in [0.5, 0.6) is 5.75 Å². The lowest BCUT2D eigenvalue weighted by molar-refractivity contribution is -0.128. The quantitative estimate of drug-likeness (QED) is 0.571. The van der Waals surface area contributed by atoms with Crippen LogP contribution >= 0.6 is 23.4 Å². The van der Waals surface area contributed by atoms with Crippen LogP contribution in [0.2, 0.25) is 5.02 Å². The smallest absolute Gasteiger partial charge is 0.261 e. The normalized spacial score (nSPS) is 11.9. The first-order valence-electron chi connectivity index (χ1n) is 8.95. The molecule has 0 unspecified atom stereocenters. The van der Waals surface area contributed by atoms with E-state index >= 15 is 0 Å². The molecule has 1 N–H and O–H groups in total. The van der Waals surface area contributed by atoms with Gasteiger partial charge < -0.3 is 10.1 Å². The summed E-state index contributed by atoms with van der Waals surface area (Å²) in [7, 11) is 0. The zero-order valence-electron chi connectivity index (χ0n) is 15.9. The van der Waals surface area contributed by atoms with E-state index in [4.69, 9.17) is 16.3 Å². The third-order valence-corrected chi connectivity index (χ3v) is 5.68. The van der Waals surface area contributed by atoms with Gasteiger partial charge in [0, 0.05) is 28.6 Å². The number of benzene rings is 2. The van der Waals surface area contributed by atoms with Crippen LogP contribution in [0.1, 0.15) is 30.0 Å². The monoisotopic (exact) mass is 409 g/mol. The van der Waals surface area contributed by atoms with E-state index in [-0.39, 0.29) is 11.7 Å². The van der Waals surface area contributed by atoms with Gasteiger partial charge >= 0.3 is 0 Å². The minimum absolute atomic E-state index is 0.136. The lowest BCUT2D eigenvalue weighted by Crippen LogP contribution is -2.39. The Balaban J connectivity index is 1.79. The lowest BCUT2D eigenvalue weighted by Gasteiger charge is -2.19. The number of aryl methyl sites for hydroxylation is 1. The molecule has 3 nitrogen and oxygen atoms in total. The fraction of sp³-hybridized carbons (Fsp3) is 0.381. The van der Waals surface area contributed by atoms with Crippen molar-refractivity contribution in [2.75, 3.05) is 12.3 Å². The first kappa shape index (κ1) is 21.6. The van der Waals surface area contributed by atoms with Crippen molar-refractivity contribution < 1.29 is 13.9 Å². The maximum Gasteiger partial charge on any atom is 0.261 e. The zero-order valence-corrected chi connectivity index (χ0v) is 17.4. The Morgan fingerprint density at radius 2 is 2.00 bits per heavy atom. The molecular weight excluding hydrogens is 385 g/mol. The van der Waals surface area contributed by atoms with Crippen LogP contribution in [-0.4, -0.2) is 24.3 Å². The number of ether oxygens (including phenoxy) is 1. The fourth-order valence-corrected chi connectivity index (χ4v) is 3.73. The van der Waals surface area contributed by atoms with Crippen LogP contribution in [0, 0.1) is 19.7 Å². The molecule has 0 aromatic heterocycles. The van der Waals surface area contributed by atoms with Crippen molar-refractivity contribution in [3.63, 3.8) is 0 Å². The molecule has 0 saturated carbocycles. The Labute approximate surface area is 169 Å². The third-order valence-electron chi connectivity index (χ3n) is 4.34. The molecular formula is C21H25ClFNO2S. The summed E-state index contributed by atoms with van der Waals surface area (Å²) in [6.07, 6.45) is 0.0495. The van der Waals surface area contributed by atoms with Gasteiger partial charge in [0.25, 0.3) is 5.91 Å². The van der Waals surface area contributed by atoms with Gasteiger partial charge in [0.15, 0.2) is 6.10 Å². The van der Waals surface area contributed by atoms with Crippen molar-refractivity contribution in [3.05, 3.63) is 63.9 Å². The van der Waals surface area contributed by atoms with Crippen LogP contribution in [-0.2, 0) is 10.5 Å². The molecule has 6 heteroatoms. The Bertz CT molecular complexity index is 765. The number of nitrogens with one attached hydrogen (secondary N) is 1. The fourth-order valence-electron chi connectivity index (χ4n) is 2.53. The number of thioether (sulfide) groups is 1. The van der Waals surface area contributed by atoms with Crippen LogP contribution in [0.3, 0.4) is 0 Å². The van der Waals surface area contributed by atoms with Gasteiger partial charge in [0.1, 0.15) is 11.6 Å². The molecule has 0 heterocycles. The predicted molar refractivity (Wildman–Crippen MR) is 111 cm³/mol. The minimum Gasteiger partial charge on any atom is -0.480 e. The van der Waals surface area contributed by atoms with E-state index in [0.29, 0.717) is 35.1 Å². The number of halogens is 2. The van der Waals surface area contributed by atoms with Gasteiger partial charge in [0.2, 0.25) is 0 Å². The molecule has 27 heavy (non-hydrogen) atoms. The van der Waals surface area contributed by atoms with Gasteiger partial charge in [-0.05, 0) is 49.6 Å². The molecule has 0 radical (unpaired) electrons. The van der Waals surface area contributed by atoms with E-state index in [1.54, 1.807) is 12.1 Å². The Kier molecular flexibility index (Phi) is 8.45. The highest BCUT2D eigenvalue weighted by atomic mass is 35.5. The molecule has 2 aromatic carbocycles. The van der Waals surface area contributed by atoms with Crippen molar-refractivity contribution in [2.24, 2.45) is 0 Å². The molecule has 0 saturated heterocycles. The Morgan fingerprint density at radius 1 is 1.26 bits per heavy atom. The van der Waals surface area contributed by atoms with Crippen LogP contribution in [0.25, 0.3) is 0 Å². The van der Waals surface area contributed by atoms with Crippen LogP contribution in [0.15, 0.2) is 36.4 Å². The number of carbonyl (C=O) groups is 1. The lowest BCUT2D eigenvalue weighted by atomic mass is 10.1. The summed E-state index contributed by atoms with van der Waals surface area (Å²) < 4.78 is 19.6. The molecule has 2 rings (SSSR count). The topological polar surface area (TPSA) is 38.3 Å². The molecule has 146 valence electrons. The predicted octanol–water partition coefficient (Wildman–Crippen LogP) is 5.30. The number of rotatable bonds is 9. The van der Waals surface area contributed by atoms with Gasteiger partial charge in [-0.25, -0.2) is 4.39 Å². The van der Waals surface area contributed by atoms with Crippen LogP contribution in [0.4, 0.5) is 4.39 Å². The van der Waals surface area contributed by atoms with Gasteiger partial charge in [-0.1, -0.05) is 36.7 Å². The standard InChI is InChI=1S/C21H25ClFNO2S/c1-4-19(26-20-10-5-7-14(2)15(20)3)21(25)24-11-12-27-13-16-17(22)8-6-9-18(16)23/h5-10,19H,4,11-13H2,1-3H3,(H,24,25)/t19-/m1/s1. The van der Waals surface area contributed by atoms with Gasteiger partial charge in [-0.3, -0.25) is 4.79 Å². The minimum atomic E-state index is -0.531. The summed E-state index contributed by atoms with van der Waals surface area (Å²) in [5.41, 5.74) is 2.67. The number of hydrogen-bond donors (Lipinski definition) is 1. The average molecular weight is 410 g/mol. The summed E-state index contributed by atoms with van der Waals surface area (Å²) in [4.78, 5) is 12.4. The van der Waals surface area contributed by atoms with Gasteiger partial charge in [-0.2, -0.15) is 11.8 Å². The first-order valence-corrected chi connectivity index (χ1v) is 10.5. The summed E-state index contributed by atoms with van der Waals surface area (Å²) in [6, 6.07) is 10.5. The van der Waals surface area contributed by atoms with E-state index in [9.17, 15) is 9.18 Å². The largest absolute Gasteiger partial charge is 0.480 e. The number of amides is 1. The Hall–Kier alpha value is -1.72. The van der Waals surface area contributed by atoms with Crippen LogP contribution < -0.4 is 10.1 Å². The SMILES string of the molecule is CC[C@@H](Oc1cccc(C)c1C)C(=O)NCCSCc1c(F)cccc1Cl. The molecule has 0 aliphatic carbocycles. The molecule has 1 amide bonds. The molecule has 0 fully saturated rings. The molecule has 2 aromatic rings. The highest BCUT2D eigenvalue weighted by Crippen LogP contribution is 2.24. The summed E-state index contributed by atoms with van der Waals surface area (Å²) >= 11 is 7.54. The maximum absolute atomic E-state index is 13.7. The third kappa shape index (κ3) is 6.15. The first-order chi connectivity index (χ1) is 12.9. The van der Waals surface area contributed by atoms with Crippen molar-refractivity contribution >= 4 is 29.3 Å². The van der Waals surface area contributed by atoms with E-state index in [1.807, 2.05) is 39.0 Å². The summed E-state index contributed by atoms with van der Waals surface area (Å²) in [5.74, 6) is 1.43. The molecule has 0 spiro atoms. The summed E-state index contributed by atoms with van der Waals surface area (Å²) in [6.45, 7) is 6.41. The second-order valence-corrected chi connectivity index (χ2v) is 7.77. The van der Waals surface area contributed by atoms with E-state index in [0.717, 1.165) is 16.9 Å². The van der Waals surface area contributed by atoms with Crippen molar-refractivity contribution in [1.29, 1.82) is 0 Å². The van der Waals surface area contributed by atoms with Gasteiger partial charge in [-0.15, -0.1) is 0 Å². The highest BCUT2D eigenvalue weighted by molar-refractivity contribution is 7.98. The highest BCUT2D eigenvalue weighted by Gasteiger charge is 2.19. The maximum atomic E-state index is 13.7. The van der Waals surface area contributed by atoms with Crippen molar-refractivity contribution in [2.45, 2.75) is 39.0 Å². The zero-order chi connectivity index (χ0) is 19.8. The van der Waals surface area contributed by atoms with Gasteiger partial charge in [0.05, 0.1) is 0 Å². The van der Waals surface area contributed by atoms with E-state index in [2.05, 4.69) is 5.32 Å². The second kappa shape index (κ2) is 10.6. The number of hydrogen-bond acceptors (Lipinski definition) is 3. The van der Waals surface area contributed by atoms with E-state index in [1.165, 1.54) is 17.8 Å². The molecule has 1 atom stereocenters. The number of carbonyl (C=O) groups excluding carboxylic acids is 1. The average Bonchev–Trinajstić information content (AvgIpc) is 2.64. The molecule has 0 aliphatic heterocycles. The van der Waals surface area contributed by atoms with E-state index < -0.39 is 6.10 Å². The molecule has 0 aliphatic rings. The molecule has 0 bridgehead atoms. The van der Waals surface area contributed by atoms with Crippen molar-refractivity contribution in [1.82, 2.24) is 5.32 Å². The second-order valence-electron chi connectivity index (χ2n) is 6.26. The summed E-state index contributed by atoms with van der Waals surface area (Å²) in [5, 5.41) is 3.32. The Morgan fingerprint density at radius 3 is 2.70 bits per heavy atom. The van der Waals surface area contributed by atoms with Crippen molar-refractivity contribution in [3.8, 4) is 5.75 Å².